The Morgan fingerprint density at radius 1 is 1.39 bits per heavy atom. The van der Waals surface area contributed by atoms with Crippen LogP contribution < -0.4 is 10.6 Å². The highest BCUT2D eigenvalue weighted by molar-refractivity contribution is 5.68. The summed E-state index contributed by atoms with van der Waals surface area (Å²) >= 11 is 0. The molecule has 0 aliphatic heterocycles. The van der Waals surface area contributed by atoms with Gasteiger partial charge in [0.2, 0.25) is 0 Å². The first-order chi connectivity index (χ1) is 10.7. The Bertz CT molecular complexity index is 536. The Balaban J connectivity index is 1.65. The van der Waals surface area contributed by atoms with Crippen molar-refractivity contribution in [1.29, 1.82) is 0 Å². The van der Waals surface area contributed by atoms with E-state index in [0.717, 1.165) is 18.4 Å². The number of hydrogen-bond donors (Lipinski definition) is 2. The minimum Gasteiger partial charge on any atom is -0.444 e. The number of halogens is 1. The van der Waals surface area contributed by atoms with Crippen molar-refractivity contribution in [2.45, 2.75) is 64.1 Å². The highest BCUT2D eigenvalue weighted by Crippen LogP contribution is 2.36. The van der Waals surface area contributed by atoms with Gasteiger partial charge in [-0.25, -0.2) is 9.18 Å². The number of amides is 1. The van der Waals surface area contributed by atoms with Crippen LogP contribution in [-0.4, -0.2) is 30.3 Å². The Morgan fingerprint density at radius 2 is 2.09 bits per heavy atom. The van der Waals surface area contributed by atoms with Gasteiger partial charge >= 0.3 is 6.09 Å². The summed E-state index contributed by atoms with van der Waals surface area (Å²) < 4.78 is 18.4. The number of nitrogens with one attached hydrogen (secondary N) is 2. The predicted octanol–water partition coefficient (Wildman–Crippen LogP) is 3.57. The fraction of sp³-hybridized carbons (Fsp3) is 0.611. The zero-order valence-electron chi connectivity index (χ0n) is 14.4. The molecule has 1 unspecified atom stereocenters. The van der Waals surface area contributed by atoms with E-state index >= 15 is 0 Å². The summed E-state index contributed by atoms with van der Waals surface area (Å²) in [6.45, 7) is 8.17. The number of carbonyl (C=O) groups is 1. The number of carbonyl (C=O) groups excluding carboxylic acids is 1. The Hall–Kier alpha value is -1.62. The second kappa shape index (κ2) is 7.30. The molecule has 1 fully saturated rings. The lowest BCUT2D eigenvalue weighted by Gasteiger charge is -2.37. The molecule has 1 aromatic rings. The molecule has 1 aliphatic carbocycles. The second-order valence-corrected chi connectivity index (χ2v) is 7.38. The minimum atomic E-state index is -0.483. The van der Waals surface area contributed by atoms with Crippen LogP contribution in [0.5, 0.6) is 0 Å². The first-order valence-corrected chi connectivity index (χ1v) is 8.21. The van der Waals surface area contributed by atoms with Gasteiger partial charge in [-0.05, 0) is 64.2 Å². The van der Waals surface area contributed by atoms with Crippen LogP contribution in [0.15, 0.2) is 24.3 Å². The summed E-state index contributed by atoms with van der Waals surface area (Å²) in [7, 11) is 0. The van der Waals surface area contributed by atoms with Crippen molar-refractivity contribution in [3.05, 3.63) is 35.6 Å². The molecule has 1 saturated carbocycles. The van der Waals surface area contributed by atoms with E-state index in [0.29, 0.717) is 18.5 Å². The number of benzene rings is 1. The zero-order valence-corrected chi connectivity index (χ0v) is 14.4. The minimum absolute atomic E-state index is 0.00179. The molecule has 0 bridgehead atoms. The average molecular weight is 322 g/mol. The quantitative estimate of drug-likeness (QED) is 0.871. The van der Waals surface area contributed by atoms with Gasteiger partial charge in [-0.3, -0.25) is 0 Å². The molecule has 0 saturated heterocycles. The molecule has 0 heterocycles. The molecule has 1 aliphatic rings. The predicted molar refractivity (Wildman–Crippen MR) is 89.0 cm³/mol. The molecule has 128 valence electrons. The van der Waals surface area contributed by atoms with Crippen molar-refractivity contribution < 1.29 is 13.9 Å². The zero-order chi connectivity index (χ0) is 17.0. The third-order valence-corrected chi connectivity index (χ3v) is 3.93. The lowest BCUT2D eigenvalue weighted by Crippen LogP contribution is -2.48. The van der Waals surface area contributed by atoms with Gasteiger partial charge in [-0.2, -0.15) is 0 Å². The van der Waals surface area contributed by atoms with Gasteiger partial charge in [0.25, 0.3) is 0 Å². The molecule has 1 aromatic carbocycles. The van der Waals surface area contributed by atoms with E-state index in [2.05, 4.69) is 10.6 Å². The van der Waals surface area contributed by atoms with Crippen LogP contribution >= 0.6 is 0 Å². The smallest absolute Gasteiger partial charge is 0.407 e. The van der Waals surface area contributed by atoms with Gasteiger partial charge in [-0.15, -0.1) is 0 Å². The largest absolute Gasteiger partial charge is 0.444 e. The van der Waals surface area contributed by atoms with E-state index in [4.69, 9.17) is 4.74 Å². The van der Waals surface area contributed by atoms with Crippen LogP contribution in [0.2, 0.25) is 0 Å². The average Bonchev–Trinajstić information content (AvgIpc) is 2.34. The molecule has 1 amide bonds. The van der Waals surface area contributed by atoms with Crippen LogP contribution in [0.4, 0.5) is 9.18 Å². The first-order valence-electron chi connectivity index (χ1n) is 8.21. The van der Waals surface area contributed by atoms with Crippen LogP contribution in [-0.2, 0) is 4.74 Å². The van der Waals surface area contributed by atoms with Crippen molar-refractivity contribution in [3.8, 4) is 0 Å². The molecular formula is C18H27FN2O2. The van der Waals surface area contributed by atoms with Crippen molar-refractivity contribution in [2.24, 2.45) is 0 Å². The molecule has 0 radical (unpaired) electrons. The lowest BCUT2D eigenvalue weighted by atomic mass is 9.76. The summed E-state index contributed by atoms with van der Waals surface area (Å²) in [6, 6.07) is 7.26. The third-order valence-electron chi connectivity index (χ3n) is 3.93. The fourth-order valence-electron chi connectivity index (χ4n) is 2.72. The monoisotopic (exact) mass is 322 g/mol. The summed E-state index contributed by atoms with van der Waals surface area (Å²) in [6.07, 6.45) is 1.61. The lowest BCUT2D eigenvalue weighted by molar-refractivity contribution is 0.0506. The Labute approximate surface area is 137 Å². The van der Waals surface area contributed by atoms with Gasteiger partial charge in [0.1, 0.15) is 11.4 Å². The van der Waals surface area contributed by atoms with E-state index in [9.17, 15) is 9.18 Å². The van der Waals surface area contributed by atoms with Crippen LogP contribution in [0.25, 0.3) is 0 Å². The molecule has 0 spiro atoms. The maximum Gasteiger partial charge on any atom is 0.407 e. The number of hydrogen-bond acceptors (Lipinski definition) is 3. The van der Waals surface area contributed by atoms with Crippen molar-refractivity contribution in [2.75, 3.05) is 6.54 Å². The Kier molecular flexibility index (Phi) is 5.63. The summed E-state index contributed by atoms with van der Waals surface area (Å²) in [5, 5.41) is 6.25. The maximum atomic E-state index is 13.2. The van der Waals surface area contributed by atoms with Crippen molar-refractivity contribution in [1.82, 2.24) is 10.6 Å². The van der Waals surface area contributed by atoms with E-state index in [1.807, 2.05) is 33.8 Å². The molecule has 0 aromatic heterocycles. The SMILES string of the molecule is CC(CNC1CC(c2cccc(F)c2)C1)NC(=O)OC(C)(C)C. The first kappa shape index (κ1) is 17.7. The summed E-state index contributed by atoms with van der Waals surface area (Å²) in [5.41, 5.74) is 0.589. The molecule has 5 heteroatoms. The van der Waals surface area contributed by atoms with E-state index in [-0.39, 0.29) is 11.9 Å². The summed E-state index contributed by atoms with van der Waals surface area (Å²) in [4.78, 5) is 11.7. The van der Waals surface area contributed by atoms with Crippen LogP contribution in [0.1, 0.15) is 52.0 Å². The third kappa shape index (κ3) is 5.82. The second-order valence-electron chi connectivity index (χ2n) is 7.38. The highest BCUT2D eigenvalue weighted by Gasteiger charge is 2.30. The van der Waals surface area contributed by atoms with Crippen molar-refractivity contribution in [3.63, 3.8) is 0 Å². The van der Waals surface area contributed by atoms with Gasteiger partial charge in [0, 0.05) is 18.6 Å². The van der Waals surface area contributed by atoms with Gasteiger partial charge in [0.05, 0.1) is 0 Å². The normalized spacial score (nSPS) is 22.1. The van der Waals surface area contributed by atoms with E-state index in [1.54, 1.807) is 12.1 Å². The van der Waals surface area contributed by atoms with E-state index < -0.39 is 11.7 Å². The maximum absolute atomic E-state index is 13.2. The molecule has 2 rings (SSSR count). The molecule has 1 atom stereocenters. The van der Waals surface area contributed by atoms with Gasteiger partial charge < -0.3 is 15.4 Å². The number of ether oxygens (including phenoxy) is 1. The van der Waals surface area contributed by atoms with Crippen LogP contribution in [0.3, 0.4) is 0 Å². The highest BCUT2D eigenvalue weighted by atomic mass is 19.1. The number of rotatable bonds is 5. The topological polar surface area (TPSA) is 50.4 Å². The molecule has 2 N–H and O–H groups in total. The number of alkyl carbamates (subject to hydrolysis) is 1. The Morgan fingerprint density at radius 3 is 2.70 bits per heavy atom. The van der Waals surface area contributed by atoms with Crippen molar-refractivity contribution >= 4 is 6.09 Å². The molecular weight excluding hydrogens is 295 g/mol. The summed E-state index contributed by atoms with van der Waals surface area (Å²) in [5.74, 6) is 0.256. The molecule has 4 nitrogen and oxygen atoms in total. The van der Waals surface area contributed by atoms with Gasteiger partial charge in [-0.1, -0.05) is 12.1 Å². The van der Waals surface area contributed by atoms with E-state index in [1.165, 1.54) is 6.07 Å². The van der Waals surface area contributed by atoms with Gasteiger partial charge in [0.15, 0.2) is 0 Å². The van der Waals surface area contributed by atoms with Crippen LogP contribution in [0, 0.1) is 5.82 Å². The fourth-order valence-corrected chi connectivity index (χ4v) is 2.72. The standard InChI is InChI=1S/C18H27FN2O2/c1-12(21-17(22)23-18(2,3)4)11-20-16-9-14(10-16)13-6-5-7-15(19)8-13/h5-8,12,14,16,20H,9-11H2,1-4H3,(H,21,22). The molecule has 23 heavy (non-hydrogen) atoms.